The van der Waals surface area contributed by atoms with Crippen LogP contribution in [0.25, 0.3) is 0 Å². The Bertz CT molecular complexity index is 1110. The van der Waals surface area contributed by atoms with Crippen molar-refractivity contribution in [3.8, 4) is 5.75 Å². The van der Waals surface area contributed by atoms with Gasteiger partial charge in [-0.1, -0.05) is 23.8 Å². The van der Waals surface area contributed by atoms with Crippen molar-refractivity contribution in [2.24, 2.45) is 0 Å². The smallest absolute Gasteiger partial charge is 0.278 e. The van der Waals surface area contributed by atoms with Crippen LogP contribution in [0.15, 0.2) is 29.2 Å². The summed E-state index contributed by atoms with van der Waals surface area (Å²) in [5, 5.41) is 15.4. The molecule has 2 aliphatic heterocycles. The Hall–Kier alpha value is -3.29. The average molecular weight is 425 g/mol. The van der Waals surface area contributed by atoms with Crippen molar-refractivity contribution in [1.29, 1.82) is 0 Å². The number of aromatic nitrogens is 1. The van der Waals surface area contributed by atoms with E-state index < -0.39 is 17.1 Å². The number of amides is 2. The number of carbonyl (C=O) groups excluding carboxylic acids is 2. The van der Waals surface area contributed by atoms with Crippen LogP contribution in [0.3, 0.4) is 0 Å². The number of benzene rings is 1. The van der Waals surface area contributed by atoms with Crippen molar-refractivity contribution < 1.29 is 14.7 Å². The van der Waals surface area contributed by atoms with Crippen LogP contribution in [0.4, 0.5) is 0 Å². The summed E-state index contributed by atoms with van der Waals surface area (Å²) in [5.74, 6) is -1.64. The van der Waals surface area contributed by atoms with E-state index in [4.69, 9.17) is 0 Å². The molecule has 164 valence electrons. The number of hydrogen-bond donors (Lipinski definition) is 2. The number of pyridine rings is 1. The average Bonchev–Trinajstić information content (AvgIpc) is 2.75. The number of nitrogens with zero attached hydrogens (tertiary/aromatic N) is 3. The largest absolute Gasteiger partial charge is 0.502 e. The molecule has 1 aromatic heterocycles. The van der Waals surface area contributed by atoms with Gasteiger partial charge in [0.1, 0.15) is 11.7 Å². The van der Waals surface area contributed by atoms with Crippen molar-refractivity contribution in [3.05, 3.63) is 62.6 Å². The number of hydrogen-bond acceptors (Lipinski definition) is 5. The van der Waals surface area contributed by atoms with Gasteiger partial charge in [0.2, 0.25) is 5.43 Å². The summed E-state index contributed by atoms with van der Waals surface area (Å²) in [7, 11) is 0. The molecule has 4 rings (SSSR count). The minimum absolute atomic E-state index is 0.0732. The van der Waals surface area contributed by atoms with Crippen LogP contribution in [0.1, 0.15) is 63.7 Å². The van der Waals surface area contributed by atoms with Gasteiger partial charge >= 0.3 is 0 Å². The first-order chi connectivity index (χ1) is 14.8. The molecule has 1 aromatic carbocycles. The summed E-state index contributed by atoms with van der Waals surface area (Å²) < 4.78 is 1.51. The normalized spacial score (nSPS) is 17.9. The molecule has 0 bridgehead atoms. The number of aromatic hydroxyl groups is 1. The molecule has 8 heteroatoms. The molecule has 2 aliphatic rings. The second kappa shape index (κ2) is 8.09. The van der Waals surface area contributed by atoms with Crippen molar-refractivity contribution in [3.63, 3.8) is 0 Å². The highest BCUT2D eigenvalue weighted by molar-refractivity contribution is 5.99. The second-order valence-electron chi connectivity index (χ2n) is 8.26. The monoisotopic (exact) mass is 424 g/mol. The van der Waals surface area contributed by atoms with E-state index in [2.05, 4.69) is 5.32 Å². The fraction of sp³-hybridized carbons (Fsp3) is 0.435. The van der Waals surface area contributed by atoms with Gasteiger partial charge in [0.15, 0.2) is 11.4 Å². The van der Waals surface area contributed by atoms with Crippen LogP contribution >= 0.6 is 0 Å². The molecular weight excluding hydrogens is 396 g/mol. The maximum absolute atomic E-state index is 13.0. The lowest BCUT2D eigenvalue weighted by Crippen LogP contribution is -2.63. The Labute approximate surface area is 181 Å². The van der Waals surface area contributed by atoms with Gasteiger partial charge in [-0.05, 0) is 51.2 Å². The van der Waals surface area contributed by atoms with Gasteiger partial charge in [0, 0.05) is 25.8 Å². The molecule has 31 heavy (non-hydrogen) atoms. The summed E-state index contributed by atoms with van der Waals surface area (Å²) in [5.41, 5.74) is 2.05. The summed E-state index contributed by atoms with van der Waals surface area (Å²) in [6, 6.07) is 5.94. The zero-order valence-corrected chi connectivity index (χ0v) is 18.1. The highest BCUT2D eigenvalue weighted by atomic mass is 16.3. The topological polar surface area (TPSA) is 94.9 Å². The number of rotatable bonds is 4. The molecule has 0 spiro atoms. The van der Waals surface area contributed by atoms with Gasteiger partial charge in [-0.25, -0.2) is 0 Å². The lowest BCUT2D eigenvalue weighted by molar-refractivity contribution is 0.0534. The SMILES string of the molecule is CCN1C(=O)c2c(O)c(=O)c(C(=O)NCc3ccc(C)cc3C)cn2N2CCCC[C@@H]12. The fourth-order valence-corrected chi connectivity index (χ4v) is 4.56. The van der Waals surface area contributed by atoms with Gasteiger partial charge in [0.05, 0.1) is 0 Å². The number of aryl methyl sites for hydroxylation is 2. The minimum Gasteiger partial charge on any atom is -0.502 e. The molecule has 0 unspecified atom stereocenters. The Kier molecular flexibility index (Phi) is 5.47. The van der Waals surface area contributed by atoms with E-state index in [0.29, 0.717) is 13.1 Å². The van der Waals surface area contributed by atoms with Crippen molar-refractivity contribution in [2.45, 2.75) is 52.7 Å². The van der Waals surface area contributed by atoms with Crippen LogP contribution in [-0.2, 0) is 6.54 Å². The number of carbonyl (C=O) groups is 2. The van der Waals surface area contributed by atoms with Gasteiger partial charge in [0.25, 0.3) is 11.8 Å². The molecule has 8 nitrogen and oxygen atoms in total. The molecule has 0 aliphatic carbocycles. The summed E-state index contributed by atoms with van der Waals surface area (Å²) in [6.45, 7) is 7.27. The first-order valence-electron chi connectivity index (χ1n) is 10.7. The van der Waals surface area contributed by atoms with Crippen molar-refractivity contribution >= 4 is 11.8 Å². The van der Waals surface area contributed by atoms with E-state index in [9.17, 15) is 19.5 Å². The molecule has 2 amide bonds. The number of fused-ring (bicyclic) bond motifs is 3. The van der Waals surface area contributed by atoms with Gasteiger partial charge in [-0.3, -0.25) is 24.1 Å². The molecule has 3 heterocycles. The first-order valence-corrected chi connectivity index (χ1v) is 10.7. The molecule has 1 fully saturated rings. The van der Waals surface area contributed by atoms with Crippen LogP contribution in [-0.4, -0.2) is 45.8 Å². The molecule has 0 radical (unpaired) electrons. The molecular formula is C23H28N4O4. The van der Waals surface area contributed by atoms with Crippen LogP contribution in [0.2, 0.25) is 0 Å². The van der Waals surface area contributed by atoms with Gasteiger partial charge < -0.3 is 15.3 Å². The summed E-state index contributed by atoms with van der Waals surface area (Å²) in [4.78, 5) is 40.3. The third-order valence-corrected chi connectivity index (χ3v) is 6.23. The Balaban J connectivity index is 1.69. The molecule has 2 N–H and O–H groups in total. The zero-order valence-electron chi connectivity index (χ0n) is 18.1. The first kappa shape index (κ1) is 21.0. The predicted molar refractivity (Wildman–Crippen MR) is 117 cm³/mol. The summed E-state index contributed by atoms with van der Waals surface area (Å²) in [6.07, 6.45) is 3.99. The molecule has 1 atom stereocenters. The van der Waals surface area contributed by atoms with E-state index >= 15 is 0 Å². The lowest BCUT2D eigenvalue weighted by atomic mass is 10.0. The van der Waals surface area contributed by atoms with Gasteiger partial charge in [-0.2, -0.15) is 0 Å². The highest BCUT2D eigenvalue weighted by Crippen LogP contribution is 2.29. The number of piperidine rings is 1. The molecule has 2 aromatic rings. The van der Waals surface area contributed by atoms with Crippen molar-refractivity contribution in [1.82, 2.24) is 14.9 Å². The van der Waals surface area contributed by atoms with E-state index in [1.807, 2.05) is 44.0 Å². The third kappa shape index (κ3) is 3.56. The second-order valence-corrected chi connectivity index (χ2v) is 8.26. The lowest BCUT2D eigenvalue weighted by Gasteiger charge is -2.48. The maximum atomic E-state index is 13.0. The molecule has 1 saturated heterocycles. The van der Waals surface area contributed by atoms with E-state index in [1.165, 1.54) is 10.9 Å². The third-order valence-electron chi connectivity index (χ3n) is 6.23. The Morgan fingerprint density at radius 1 is 1.23 bits per heavy atom. The summed E-state index contributed by atoms with van der Waals surface area (Å²) >= 11 is 0. The highest BCUT2D eigenvalue weighted by Gasteiger charge is 2.40. The number of nitrogens with one attached hydrogen (secondary N) is 1. The maximum Gasteiger partial charge on any atom is 0.278 e. The Morgan fingerprint density at radius 3 is 2.71 bits per heavy atom. The van der Waals surface area contributed by atoms with Crippen LogP contribution in [0, 0.1) is 13.8 Å². The van der Waals surface area contributed by atoms with Gasteiger partial charge in [-0.15, -0.1) is 0 Å². The standard InChI is InChI=1S/C23H28N4O4/c1-4-25-18-7-5-6-10-26(18)27-13-17(20(28)21(29)19(27)23(25)31)22(30)24-12-16-9-8-14(2)11-15(16)3/h8-9,11,13,18,29H,4-7,10,12H2,1-3H3,(H,24,30)/t18-/m0/s1. The zero-order chi connectivity index (χ0) is 22.3. The van der Waals surface area contributed by atoms with Crippen LogP contribution in [0.5, 0.6) is 5.75 Å². The van der Waals surface area contributed by atoms with Crippen molar-refractivity contribution in [2.75, 3.05) is 18.1 Å². The Morgan fingerprint density at radius 2 is 2.00 bits per heavy atom. The predicted octanol–water partition coefficient (Wildman–Crippen LogP) is 2.02. The van der Waals surface area contributed by atoms with E-state index in [-0.39, 0.29) is 29.9 Å². The van der Waals surface area contributed by atoms with Crippen LogP contribution < -0.4 is 15.8 Å². The van der Waals surface area contributed by atoms with E-state index in [1.54, 1.807) is 4.90 Å². The minimum atomic E-state index is -0.829. The van der Waals surface area contributed by atoms with E-state index in [0.717, 1.165) is 36.0 Å². The molecule has 0 saturated carbocycles. The fourth-order valence-electron chi connectivity index (χ4n) is 4.56. The quantitative estimate of drug-likeness (QED) is 0.783.